The topological polar surface area (TPSA) is 18.5 Å². The van der Waals surface area contributed by atoms with Crippen molar-refractivity contribution in [1.29, 1.82) is 0 Å². The molecule has 0 heterocycles. The van der Waals surface area contributed by atoms with Crippen molar-refractivity contribution in [3.63, 3.8) is 0 Å². The summed E-state index contributed by atoms with van der Waals surface area (Å²) in [5.41, 5.74) is 3.67. The Morgan fingerprint density at radius 1 is 0.839 bits per heavy atom. The van der Waals surface area contributed by atoms with Crippen LogP contribution in [0.5, 0.6) is 11.5 Å². The smallest absolute Gasteiger partial charge is 0.398 e. The summed E-state index contributed by atoms with van der Waals surface area (Å²) in [7, 11) is 0. The second kappa shape index (κ2) is 9.32. The van der Waals surface area contributed by atoms with E-state index in [2.05, 4.69) is 9.47 Å². The van der Waals surface area contributed by atoms with Gasteiger partial charge in [-0.05, 0) is 30.0 Å². The van der Waals surface area contributed by atoms with Gasteiger partial charge in [-0.1, -0.05) is 54.1 Å². The van der Waals surface area contributed by atoms with Gasteiger partial charge in [-0.3, -0.25) is 0 Å². The molecule has 0 unspecified atom stereocenters. The molecular formula is C23H18F6O2. The Kier molecular flexibility index (Phi) is 6.77. The monoisotopic (exact) mass is 440 g/mol. The molecule has 3 aromatic carbocycles. The number of aryl methyl sites for hydroxylation is 2. The van der Waals surface area contributed by atoms with Crippen LogP contribution in [0.1, 0.15) is 17.5 Å². The van der Waals surface area contributed by atoms with Gasteiger partial charge in [0.1, 0.15) is 5.75 Å². The maximum absolute atomic E-state index is 14.1. The minimum Gasteiger partial charge on any atom is -0.432 e. The molecule has 0 aromatic heterocycles. The van der Waals surface area contributed by atoms with Gasteiger partial charge < -0.3 is 9.47 Å². The second-order valence-corrected chi connectivity index (χ2v) is 6.90. The summed E-state index contributed by atoms with van der Waals surface area (Å²) in [5.74, 6) is -5.34. The van der Waals surface area contributed by atoms with Gasteiger partial charge in [0, 0.05) is 12.1 Å². The standard InChI is InChI=1S/C23H18F6O2/c1-14-2-6-16(7-3-14)17-8-4-15(5-9-17)10-11-23(28,29)31-18-12-19(24)21(20(25)13-18)30-22(26)27/h2-9,12-13,22H,10-11H2,1H3. The first-order valence-electron chi connectivity index (χ1n) is 9.29. The molecule has 0 atom stereocenters. The number of hydrogen-bond acceptors (Lipinski definition) is 2. The van der Waals surface area contributed by atoms with Crippen molar-refractivity contribution in [1.82, 2.24) is 0 Å². The van der Waals surface area contributed by atoms with E-state index < -0.39 is 42.3 Å². The Labute approximate surface area is 175 Å². The van der Waals surface area contributed by atoms with Crippen LogP contribution in [-0.2, 0) is 6.42 Å². The number of alkyl halides is 4. The summed E-state index contributed by atoms with van der Waals surface area (Å²) in [6.45, 7) is -1.49. The third-order valence-corrected chi connectivity index (χ3v) is 4.49. The van der Waals surface area contributed by atoms with Crippen molar-refractivity contribution >= 4 is 0 Å². The van der Waals surface area contributed by atoms with E-state index in [-0.39, 0.29) is 6.42 Å². The zero-order valence-corrected chi connectivity index (χ0v) is 16.3. The first kappa shape index (κ1) is 22.5. The van der Waals surface area contributed by atoms with Gasteiger partial charge in [0.05, 0.1) is 6.42 Å². The quantitative estimate of drug-likeness (QED) is 0.347. The van der Waals surface area contributed by atoms with Gasteiger partial charge in [0.25, 0.3) is 0 Å². The van der Waals surface area contributed by atoms with Gasteiger partial charge in [-0.25, -0.2) is 8.78 Å². The lowest BCUT2D eigenvalue weighted by atomic mass is 10.0. The summed E-state index contributed by atoms with van der Waals surface area (Å²) in [5, 5.41) is 0. The molecule has 0 aliphatic carbocycles. The zero-order chi connectivity index (χ0) is 22.6. The molecule has 3 rings (SSSR count). The van der Waals surface area contributed by atoms with Crippen LogP contribution in [0.3, 0.4) is 0 Å². The van der Waals surface area contributed by atoms with Crippen molar-refractivity contribution in [3.8, 4) is 22.6 Å². The summed E-state index contributed by atoms with van der Waals surface area (Å²) in [6, 6.07) is 15.6. The summed E-state index contributed by atoms with van der Waals surface area (Å²) in [6.07, 6.45) is -4.55. The molecule has 164 valence electrons. The van der Waals surface area contributed by atoms with Crippen LogP contribution in [0.4, 0.5) is 26.3 Å². The Hall–Kier alpha value is -3.16. The summed E-state index contributed by atoms with van der Waals surface area (Å²) >= 11 is 0. The molecule has 2 nitrogen and oxygen atoms in total. The second-order valence-electron chi connectivity index (χ2n) is 6.90. The first-order valence-corrected chi connectivity index (χ1v) is 9.29. The first-order chi connectivity index (χ1) is 14.6. The van der Waals surface area contributed by atoms with E-state index >= 15 is 0 Å². The summed E-state index contributed by atoms with van der Waals surface area (Å²) < 4.78 is 88.0. The molecule has 0 aliphatic rings. The maximum Gasteiger partial charge on any atom is 0.398 e. The van der Waals surface area contributed by atoms with Gasteiger partial charge in [-0.15, -0.1) is 0 Å². The van der Waals surface area contributed by atoms with Crippen LogP contribution >= 0.6 is 0 Å². The van der Waals surface area contributed by atoms with Crippen LogP contribution < -0.4 is 9.47 Å². The minimum absolute atomic E-state index is 0.0568. The molecule has 0 saturated heterocycles. The lowest BCUT2D eigenvalue weighted by Gasteiger charge is -2.19. The Balaban J connectivity index is 1.63. The minimum atomic E-state index is -3.74. The molecule has 0 fully saturated rings. The van der Waals surface area contributed by atoms with Crippen molar-refractivity contribution < 1.29 is 35.8 Å². The highest BCUT2D eigenvalue weighted by atomic mass is 19.3. The van der Waals surface area contributed by atoms with Crippen molar-refractivity contribution in [3.05, 3.63) is 83.4 Å². The fourth-order valence-electron chi connectivity index (χ4n) is 2.92. The lowest BCUT2D eigenvalue weighted by Crippen LogP contribution is -2.25. The molecule has 3 aromatic rings. The van der Waals surface area contributed by atoms with Gasteiger partial charge in [0.15, 0.2) is 17.4 Å². The molecular weight excluding hydrogens is 422 g/mol. The highest BCUT2D eigenvalue weighted by molar-refractivity contribution is 5.63. The van der Waals surface area contributed by atoms with Crippen LogP contribution in [0, 0.1) is 18.6 Å². The molecule has 0 spiro atoms. The fourth-order valence-corrected chi connectivity index (χ4v) is 2.92. The van der Waals surface area contributed by atoms with E-state index in [1.54, 1.807) is 12.1 Å². The Morgan fingerprint density at radius 2 is 1.35 bits per heavy atom. The molecule has 0 saturated carbocycles. The van der Waals surface area contributed by atoms with E-state index in [4.69, 9.17) is 0 Å². The maximum atomic E-state index is 14.1. The molecule has 31 heavy (non-hydrogen) atoms. The van der Waals surface area contributed by atoms with Crippen LogP contribution in [-0.4, -0.2) is 12.7 Å². The predicted molar refractivity (Wildman–Crippen MR) is 104 cm³/mol. The predicted octanol–water partition coefficient (Wildman–Crippen LogP) is 7.15. The van der Waals surface area contributed by atoms with Gasteiger partial charge in [0.2, 0.25) is 0 Å². The van der Waals surface area contributed by atoms with E-state index in [0.717, 1.165) is 16.7 Å². The number of benzene rings is 3. The SMILES string of the molecule is Cc1ccc(-c2ccc(CCC(F)(F)Oc3cc(F)c(OC(F)F)c(F)c3)cc2)cc1. The average Bonchev–Trinajstić information content (AvgIpc) is 2.70. The van der Waals surface area contributed by atoms with Crippen LogP contribution in [0.25, 0.3) is 11.1 Å². The van der Waals surface area contributed by atoms with Gasteiger partial charge >= 0.3 is 12.7 Å². The Morgan fingerprint density at radius 3 is 1.87 bits per heavy atom. The summed E-state index contributed by atoms with van der Waals surface area (Å²) in [4.78, 5) is 0. The van der Waals surface area contributed by atoms with E-state index in [0.29, 0.717) is 17.7 Å². The number of rotatable bonds is 8. The van der Waals surface area contributed by atoms with Crippen molar-refractivity contribution in [2.75, 3.05) is 0 Å². The fraction of sp³-hybridized carbons (Fsp3) is 0.217. The molecule has 0 radical (unpaired) electrons. The van der Waals surface area contributed by atoms with Gasteiger partial charge in [-0.2, -0.15) is 17.6 Å². The number of hydrogen-bond donors (Lipinski definition) is 0. The van der Waals surface area contributed by atoms with Crippen molar-refractivity contribution in [2.24, 2.45) is 0 Å². The van der Waals surface area contributed by atoms with Crippen LogP contribution in [0.2, 0.25) is 0 Å². The van der Waals surface area contributed by atoms with E-state index in [9.17, 15) is 26.3 Å². The third-order valence-electron chi connectivity index (χ3n) is 4.49. The largest absolute Gasteiger partial charge is 0.432 e. The molecule has 0 N–H and O–H groups in total. The molecule has 0 bridgehead atoms. The number of ether oxygens (including phenoxy) is 2. The Bertz CT molecular complexity index is 994. The van der Waals surface area contributed by atoms with Crippen molar-refractivity contribution in [2.45, 2.75) is 32.5 Å². The molecule has 8 heteroatoms. The van der Waals surface area contributed by atoms with E-state index in [1.165, 1.54) is 0 Å². The highest BCUT2D eigenvalue weighted by Gasteiger charge is 2.32. The normalized spacial score (nSPS) is 11.6. The molecule has 0 amide bonds. The van der Waals surface area contributed by atoms with Crippen LogP contribution in [0.15, 0.2) is 60.7 Å². The lowest BCUT2D eigenvalue weighted by molar-refractivity contribution is -0.180. The number of halogens is 6. The highest BCUT2D eigenvalue weighted by Crippen LogP contribution is 2.32. The molecule has 0 aliphatic heterocycles. The third kappa shape index (κ3) is 6.16. The van der Waals surface area contributed by atoms with E-state index in [1.807, 2.05) is 43.3 Å². The zero-order valence-electron chi connectivity index (χ0n) is 16.3. The average molecular weight is 440 g/mol.